The smallest absolute Gasteiger partial charge is 0.244 e. The van der Waals surface area contributed by atoms with E-state index in [0.717, 1.165) is 0 Å². The Kier molecular flexibility index (Phi) is 3.73. The standard InChI is InChI=1S/C11H14ClNO3S/c1-9-8-13(6-7-16-9)17(14,15)11-5-3-2-4-10(11)12/h2-5,9H,6-8H2,1H3. The van der Waals surface area contributed by atoms with E-state index < -0.39 is 10.0 Å². The van der Waals surface area contributed by atoms with Crippen molar-refractivity contribution in [3.63, 3.8) is 0 Å². The molecule has 1 aliphatic rings. The van der Waals surface area contributed by atoms with E-state index in [9.17, 15) is 8.42 Å². The van der Waals surface area contributed by atoms with Crippen molar-refractivity contribution in [3.05, 3.63) is 29.3 Å². The number of hydrogen-bond acceptors (Lipinski definition) is 3. The molecule has 1 fully saturated rings. The van der Waals surface area contributed by atoms with Gasteiger partial charge in [-0.3, -0.25) is 0 Å². The summed E-state index contributed by atoms with van der Waals surface area (Å²) in [5.74, 6) is 0. The molecule has 1 saturated heterocycles. The van der Waals surface area contributed by atoms with E-state index in [1.807, 2.05) is 6.92 Å². The van der Waals surface area contributed by atoms with Gasteiger partial charge >= 0.3 is 0 Å². The number of sulfonamides is 1. The predicted molar refractivity (Wildman–Crippen MR) is 65.6 cm³/mol. The zero-order chi connectivity index (χ0) is 12.5. The number of hydrogen-bond donors (Lipinski definition) is 0. The molecule has 0 amide bonds. The molecule has 0 saturated carbocycles. The number of halogens is 1. The summed E-state index contributed by atoms with van der Waals surface area (Å²) in [6.07, 6.45) is -0.0824. The molecule has 1 heterocycles. The Bertz CT molecular complexity index is 503. The van der Waals surface area contributed by atoms with E-state index in [4.69, 9.17) is 16.3 Å². The van der Waals surface area contributed by atoms with Crippen LogP contribution in [0.1, 0.15) is 6.92 Å². The van der Waals surface area contributed by atoms with E-state index in [-0.39, 0.29) is 16.0 Å². The third-order valence-corrected chi connectivity index (χ3v) is 5.02. The minimum absolute atomic E-state index is 0.0824. The van der Waals surface area contributed by atoms with Crippen LogP contribution in [0.25, 0.3) is 0 Å². The Morgan fingerprint density at radius 2 is 2.12 bits per heavy atom. The van der Waals surface area contributed by atoms with E-state index in [0.29, 0.717) is 19.7 Å². The Morgan fingerprint density at radius 3 is 2.76 bits per heavy atom. The fourth-order valence-corrected chi connectivity index (χ4v) is 3.79. The number of benzene rings is 1. The van der Waals surface area contributed by atoms with Crippen LogP contribution in [0.15, 0.2) is 29.2 Å². The molecule has 0 N–H and O–H groups in total. The molecule has 0 aliphatic carbocycles. The van der Waals surface area contributed by atoms with Gasteiger partial charge in [-0.15, -0.1) is 0 Å². The Balaban J connectivity index is 2.33. The zero-order valence-electron chi connectivity index (χ0n) is 9.47. The van der Waals surface area contributed by atoms with Crippen molar-refractivity contribution >= 4 is 21.6 Å². The highest BCUT2D eigenvalue weighted by Crippen LogP contribution is 2.25. The molecule has 0 spiro atoms. The molecular formula is C11H14ClNO3S. The van der Waals surface area contributed by atoms with Crippen LogP contribution < -0.4 is 0 Å². The average Bonchev–Trinajstić information content (AvgIpc) is 2.29. The molecule has 17 heavy (non-hydrogen) atoms. The normalized spacial score (nSPS) is 22.6. The van der Waals surface area contributed by atoms with E-state index >= 15 is 0 Å². The van der Waals surface area contributed by atoms with Gasteiger partial charge in [0.15, 0.2) is 0 Å². The fourth-order valence-electron chi connectivity index (χ4n) is 1.80. The first-order valence-electron chi connectivity index (χ1n) is 5.38. The molecule has 1 atom stereocenters. The largest absolute Gasteiger partial charge is 0.376 e. The molecule has 1 aromatic carbocycles. The third-order valence-electron chi connectivity index (χ3n) is 2.66. The fraction of sp³-hybridized carbons (Fsp3) is 0.455. The second kappa shape index (κ2) is 4.94. The van der Waals surface area contributed by atoms with Gasteiger partial charge in [0.05, 0.1) is 17.7 Å². The van der Waals surface area contributed by atoms with Crippen LogP contribution in [0.2, 0.25) is 5.02 Å². The summed E-state index contributed by atoms with van der Waals surface area (Å²) < 4.78 is 31.4. The van der Waals surface area contributed by atoms with Crippen LogP contribution in [-0.2, 0) is 14.8 Å². The lowest BCUT2D eigenvalue weighted by Gasteiger charge is -2.30. The van der Waals surface area contributed by atoms with Crippen LogP contribution in [0, 0.1) is 0 Å². The second-order valence-electron chi connectivity index (χ2n) is 3.97. The molecule has 1 aliphatic heterocycles. The highest BCUT2D eigenvalue weighted by molar-refractivity contribution is 7.89. The third kappa shape index (κ3) is 2.63. The molecule has 1 aromatic rings. The Morgan fingerprint density at radius 1 is 1.41 bits per heavy atom. The van der Waals surface area contributed by atoms with Gasteiger partial charge in [-0.25, -0.2) is 8.42 Å². The average molecular weight is 276 g/mol. The SMILES string of the molecule is CC1CN(S(=O)(=O)c2ccccc2Cl)CCO1. The summed E-state index contributed by atoms with van der Waals surface area (Å²) >= 11 is 5.93. The molecule has 4 nitrogen and oxygen atoms in total. The van der Waals surface area contributed by atoms with Crippen molar-refractivity contribution < 1.29 is 13.2 Å². The lowest BCUT2D eigenvalue weighted by atomic mass is 10.3. The van der Waals surface area contributed by atoms with Crippen LogP contribution in [0.3, 0.4) is 0 Å². The van der Waals surface area contributed by atoms with Crippen molar-refractivity contribution in [2.75, 3.05) is 19.7 Å². The minimum atomic E-state index is -3.50. The van der Waals surface area contributed by atoms with Gasteiger partial charge in [-0.2, -0.15) is 4.31 Å². The first kappa shape index (κ1) is 12.8. The molecule has 94 valence electrons. The maximum absolute atomic E-state index is 12.3. The van der Waals surface area contributed by atoms with Crippen molar-refractivity contribution in [2.45, 2.75) is 17.9 Å². The maximum Gasteiger partial charge on any atom is 0.244 e. The molecular weight excluding hydrogens is 262 g/mol. The summed E-state index contributed by atoms with van der Waals surface area (Å²) in [7, 11) is -3.50. The molecule has 6 heteroatoms. The van der Waals surface area contributed by atoms with Gasteiger partial charge in [0, 0.05) is 13.1 Å². The number of morpholine rings is 1. The number of ether oxygens (including phenoxy) is 1. The van der Waals surface area contributed by atoms with Gasteiger partial charge in [0.25, 0.3) is 0 Å². The highest BCUT2D eigenvalue weighted by Gasteiger charge is 2.30. The topological polar surface area (TPSA) is 46.6 Å². The van der Waals surface area contributed by atoms with Gasteiger partial charge in [0.1, 0.15) is 4.90 Å². The first-order chi connectivity index (χ1) is 8.01. The maximum atomic E-state index is 12.3. The van der Waals surface area contributed by atoms with Crippen LogP contribution >= 0.6 is 11.6 Å². The van der Waals surface area contributed by atoms with E-state index in [2.05, 4.69) is 0 Å². The lowest BCUT2D eigenvalue weighted by molar-refractivity contribution is 0.0102. The van der Waals surface area contributed by atoms with Gasteiger partial charge in [-0.1, -0.05) is 23.7 Å². The quantitative estimate of drug-likeness (QED) is 0.826. The summed E-state index contributed by atoms with van der Waals surface area (Å²) in [4.78, 5) is 0.163. The Hall–Kier alpha value is -0.620. The van der Waals surface area contributed by atoms with Gasteiger partial charge in [-0.05, 0) is 19.1 Å². The summed E-state index contributed by atoms with van der Waals surface area (Å²) in [6, 6.07) is 6.49. The number of nitrogens with zero attached hydrogens (tertiary/aromatic N) is 1. The highest BCUT2D eigenvalue weighted by atomic mass is 35.5. The van der Waals surface area contributed by atoms with Crippen molar-refractivity contribution in [1.29, 1.82) is 0 Å². The molecule has 0 aromatic heterocycles. The monoisotopic (exact) mass is 275 g/mol. The minimum Gasteiger partial charge on any atom is -0.376 e. The summed E-state index contributed by atoms with van der Waals surface area (Å²) in [5, 5.41) is 0.256. The van der Waals surface area contributed by atoms with Crippen LogP contribution in [0.4, 0.5) is 0 Å². The van der Waals surface area contributed by atoms with Gasteiger partial charge < -0.3 is 4.74 Å². The molecule has 0 bridgehead atoms. The lowest BCUT2D eigenvalue weighted by Crippen LogP contribution is -2.44. The molecule has 1 unspecified atom stereocenters. The van der Waals surface area contributed by atoms with Crippen molar-refractivity contribution in [3.8, 4) is 0 Å². The number of rotatable bonds is 2. The van der Waals surface area contributed by atoms with E-state index in [1.165, 1.54) is 10.4 Å². The summed E-state index contributed by atoms with van der Waals surface area (Å²) in [6.45, 7) is 3.02. The molecule has 2 rings (SSSR count). The van der Waals surface area contributed by atoms with E-state index in [1.54, 1.807) is 18.2 Å². The second-order valence-corrected chi connectivity index (χ2v) is 6.29. The zero-order valence-corrected chi connectivity index (χ0v) is 11.0. The van der Waals surface area contributed by atoms with Crippen molar-refractivity contribution in [1.82, 2.24) is 4.31 Å². The molecule has 0 radical (unpaired) electrons. The van der Waals surface area contributed by atoms with Crippen molar-refractivity contribution in [2.24, 2.45) is 0 Å². The van der Waals surface area contributed by atoms with Crippen LogP contribution in [0.5, 0.6) is 0 Å². The first-order valence-corrected chi connectivity index (χ1v) is 7.20. The Labute approximate surface area is 106 Å². The van der Waals surface area contributed by atoms with Gasteiger partial charge in [0.2, 0.25) is 10.0 Å². The predicted octanol–water partition coefficient (Wildman–Crippen LogP) is 1.75. The van der Waals surface area contributed by atoms with Crippen LogP contribution in [-0.4, -0.2) is 38.5 Å². The summed E-state index contributed by atoms with van der Waals surface area (Å²) in [5.41, 5.74) is 0.